The third-order valence-corrected chi connectivity index (χ3v) is 8.99. The predicted octanol–water partition coefficient (Wildman–Crippen LogP) is 4.93. The first-order valence-electron chi connectivity index (χ1n) is 19.2. The molecule has 15 heteroatoms. The topological polar surface area (TPSA) is 241 Å². The van der Waals surface area contributed by atoms with Crippen LogP contribution >= 0.6 is 0 Å². The summed E-state index contributed by atoms with van der Waals surface area (Å²) in [6.45, 7) is 11.4. The Morgan fingerprint density at radius 1 is 0.732 bits per heavy atom. The fourth-order valence-corrected chi connectivity index (χ4v) is 5.68. The molecule has 0 bridgehead atoms. The van der Waals surface area contributed by atoms with E-state index >= 15 is 0 Å². The monoisotopic (exact) mass is 779 g/mol. The maximum atomic E-state index is 13.7. The van der Waals surface area contributed by atoms with Gasteiger partial charge in [0.05, 0.1) is 6.04 Å². The first-order valence-corrected chi connectivity index (χ1v) is 19.2. The number of carbonyl (C=O) groups excluding carboxylic acids is 7. The minimum absolute atomic E-state index is 0.0234. The summed E-state index contributed by atoms with van der Waals surface area (Å²) < 4.78 is 5.34. The predicted molar refractivity (Wildman–Crippen MR) is 215 cm³/mol. The molecular formula is C41H61N7O8. The summed E-state index contributed by atoms with van der Waals surface area (Å²) >= 11 is 0. The molecule has 0 spiro atoms. The number of hydrogen-bond acceptors (Lipinski definition) is 9. The number of ketones is 2. The van der Waals surface area contributed by atoms with Crippen molar-refractivity contribution in [2.24, 2.45) is 34.6 Å². The number of carbonyl (C=O) groups is 7. The summed E-state index contributed by atoms with van der Waals surface area (Å²) in [5, 5.41) is 13.7. The largest absolute Gasteiger partial charge is 0.445 e. The van der Waals surface area contributed by atoms with Crippen molar-refractivity contribution in [3.63, 3.8) is 0 Å². The minimum Gasteiger partial charge on any atom is -0.445 e. The number of unbranched alkanes of at least 4 members (excludes halogenated alkanes) is 1. The zero-order valence-electron chi connectivity index (χ0n) is 33.6. The number of benzene rings is 2. The molecule has 0 saturated heterocycles. The Morgan fingerprint density at radius 2 is 1.30 bits per heavy atom. The molecule has 9 N–H and O–H groups in total. The Balaban J connectivity index is 2.00. The van der Waals surface area contributed by atoms with E-state index in [0.717, 1.165) is 5.56 Å². The number of alkyl carbamates (subject to hydrolysis) is 1. The lowest BCUT2D eigenvalue weighted by atomic mass is 9.88. The number of nitrogens with one attached hydrogen (secondary N) is 5. The van der Waals surface area contributed by atoms with Crippen molar-refractivity contribution in [2.45, 2.75) is 106 Å². The van der Waals surface area contributed by atoms with E-state index in [-0.39, 0.29) is 68.3 Å². The Morgan fingerprint density at radius 3 is 1.86 bits per heavy atom. The van der Waals surface area contributed by atoms with Crippen molar-refractivity contribution >= 4 is 52.8 Å². The van der Waals surface area contributed by atoms with Crippen molar-refractivity contribution in [3.8, 4) is 0 Å². The van der Waals surface area contributed by atoms with Crippen molar-refractivity contribution in [3.05, 3.63) is 59.7 Å². The SMILES string of the molecule is CC(=O)C[C@H](CCCCN)C(=O)N[C@@H](C(=O)C[C@H](CCCNC(N)=O)C(=O)Nc1ccc(COC(=O)NCc2ccc(NC(=O)C(C)(C)C)cc2)cc1)C(C)C. The second-order valence-electron chi connectivity index (χ2n) is 15.4. The highest BCUT2D eigenvalue weighted by atomic mass is 16.5. The van der Waals surface area contributed by atoms with Gasteiger partial charge in [-0.15, -0.1) is 0 Å². The molecule has 56 heavy (non-hydrogen) atoms. The summed E-state index contributed by atoms with van der Waals surface area (Å²) in [4.78, 5) is 88.2. The summed E-state index contributed by atoms with van der Waals surface area (Å²) in [6.07, 6.45) is 1.73. The average Bonchev–Trinajstić information content (AvgIpc) is 3.13. The molecule has 0 heterocycles. The number of anilines is 2. The second-order valence-corrected chi connectivity index (χ2v) is 15.4. The summed E-state index contributed by atoms with van der Waals surface area (Å²) in [5.74, 6) is -3.03. The van der Waals surface area contributed by atoms with Gasteiger partial charge in [0, 0.05) is 54.6 Å². The van der Waals surface area contributed by atoms with Crippen LogP contribution in [0.5, 0.6) is 0 Å². The lowest BCUT2D eigenvalue weighted by Crippen LogP contribution is -2.48. The molecule has 0 radical (unpaired) electrons. The quantitative estimate of drug-likeness (QED) is 0.0756. The molecule has 2 rings (SSSR count). The van der Waals surface area contributed by atoms with Crippen LogP contribution in [0.15, 0.2) is 48.5 Å². The van der Waals surface area contributed by atoms with Crippen molar-refractivity contribution in [1.29, 1.82) is 0 Å². The van der Waals surface area contributed by atoms with Crippen molar-refractivity contribution < 1.29 is 38.3 Å². The Kier molecular flexibility index (Phi) is 19.7. The number of amides is 6. The lowest BCUT2D eigenvalue weighted by molar-refractivity contribution is -0.134. The van der Waals surface area contributed by atoms with Crippen LogP contribution < -0.4 is 38.1 Å². The van der Waals surface area contributed by atoms with E-state index in [1.165, 1.54) is 6.92 Å². The molecule has 0 fully saturated rings. The normalized spacial score (nSPS) is 12.8. The third-order valence-electron chi connectivity index (χ3n) is 8.99. The van der Waals surface area contributed by atoms with E-state index in [9.17, 15) is 33.6 Å². The van der Waals surface area contributed by atoms with Crippen LogP contribution in [0.25, 0.3) is 0 Å². The van der Waals surface area contributed by atoms with Crippen LogP contribution in [-0.4, -0.2) is 60.5 Å². The number of primary amides is 1. The highest BCUT2D eigenvalue weighted by molar-refractivity contribution is 5.98. The van der Waals surface area contributed by atoms with Gasteiger partial charge in [0.1, 0.15) is 12.4 Å². The van der Waals surface area contributed by atoms with E-state index in [4.69, 9.17) is 16.2 Å². The van der Waals surface area contributed by atoms with Gasteiger partial charge >= 0.3 is 12.1 Å². The Bertz CT molecular complexity index is 1620. The van der Waals surface area contributed by atoms with E-state index in [0.29, 0.717) is 49.2 Å². The van der Waals surface area contributed by atoms with Crippen molar-refractivity contribution in [2.75, 3.05) is 23.7 Å². The smallest absolute Gasteiger partial charge is 0.407 e. The number of hydrogen-bond donors (Lipinski definition) is 7. The molecular weight excluding hydrogens is 718 g/mol. The maximum Gasteiger partial charge on any atom is 0.407 e. The van der Waals surface area contributed by atoms with E-state index < -0.39 is 41.3 Å². The fourth-order valence-electron chi connectivity index (χ4n) is 5.68. The van der Waals surface area contributed by atoms with Crippen LogP contribution in [0.3, 0.4) is 0 Å². The number of ether oxygens (including phenoxy) is 1. The number of urea groups is 1. The second kappa shape index (κ2) is 23.6. The van der Waals surface area contributed by atoms with Gasteiger partial charge in [0.15, 0.2) is 5.78 Å². The van der Waals surface area contributed by atoms with Crippen LogP contribution in [0.1, 0.15) is 97.6 Å². The molecule has 0 aromatic heterocycles. The van der Waals surface area contributed by atoms with Gasteiger partial charge in [-0.3, -0.25) is 19.2 Å². The molecule has 0 aliphatic rings. The van der Waals surface area contributed by atoms with Crippen molar-refractivity contribution in [1.82, 2.24) is 16.0 Å². The molecule has 2 aromatic rings. The molecule has 0 aliphatic heterocycles. The summed E-state index contributed by atoms with van der Waals surface area (Å²) in [6, 6.07) is 12.2. The Labute approximate surface area is 330 Å². The number of rotatable bonds is 23. The van der Waals surface area contributed by atoms with Gasteiger partial charge in [-0.05, 0) is 80.5 Å². The van der Waals surface area contributed by atoms with Gasteiger partial charge in [-0.25, -0.2) is 9.59 Å². The molecule has 2 aromatic carbocycles. The summed E-state index contributed by atoms with van der Waals surface area (Å²) in [5.41, 5.74) is 12.9. The van der Waals surface area contributed by atoms with Gasteiger partial charge in [0.25, 0.3) is 0 Å². The van der Waals surface area contributed by atoms with E-state index in [1.54, 1.807) is 62.4 Å². The molecule has 0 aliphatic carbocycles. The van der Waals surface area contributed by atoms with Crippen LogP contribution in [-0.2, 0) is 41.9 Å². The molecule has 6 amide bonds. The summed E-state index contributed by atoms with van der Waals surface area (Å²) in [7, 11) is 0. The maximum absolute atomic E-state index is 13.7. The van der Waals surface area contributed by atoms with Gasteiger partial charge in [-0.1, -0.05) is 65.3 Å². The van der Waals surface area contributed by atoms with E-state index in [2.05, 4.69) is 26.6 Å². The fraction of sp³-hybridized carbons (Fsp3) is 0.537. The van der Waals surface area contributed by atoms with Crippen LogP contribution in [0.2, 0.25) is 0 Å². The van der Waals surface area contributed by atoms with E-state index in [1.807, 2.05) is 20.8 Å². The first-order chi connectivity index (χ1) is 26.4. The molecule has 3 atom stereocenters. The highest BCUT2D eigenvalue weighted by Crippen LogP contribution is 2.22. The zero-order valence-corrected chi connectivity index (χ0v) is 33.6. The number of nitrogens with two attached hydrogens (primary N) is 2. The van der Waals surface area contributed by atoms with Gasteiger partial charge in [-0.2, -0.15) is 0 Å². The third kappa shape index (κ3) is 17.9. The van der Waals surface area contributed by atoms with Crippen LogP contribution in [0.4, 0.5) is 21.0 Å². The zero-order chi connectivity index (χ0) is 41.8. The lowest BCUT2D eigenvalue weighted by Gasteiger charge is -2.26. The minimum atomic E-state index is -0.879. The molecule has 0 saturated carbocycles. The Hall–Kier alpha value is -5.31. The van der Waals surface area contributed by atoms with Gasteiger partial charge < -0.3 is 47.6 Å². The molecule has 15 nitrogen and oxygen atoms in total. The number of Topliss-reactive ketones (excluding diaryl/α,β-unsaturated/α-hetero) is 2. The highest BCUT2D eigenvalue weighted by Gasteiger charge is 2.31. The standard InChI is InChI=1S/C41H61N7O8/c1-26(2)35(48-37(52)30(22-27(3)49)10-7-8-20-42)34(50)23-31(11-9-21-44-39(43)54)36(51)46-32-18-14-29(15-19-32)25-56-40(55)45-24-28-12-16-33(17-13-28)47-38(53)41(4,5)6/h12-19,26,30-31,35H,7-11,20-25,42H2,1-6H3,(H,45,55)(H,46,51)(H,47,53)(H,48,52)(H3,43,44,54)/t30-,31-,35+/m0/s1. The van der Waals surface area contributed by atoms with Gasteiger partial charge in [0.2, 0.25) is 17.7 Å². The van der Waals surface area contributed by atoms with Crippen LogP contribution in [0, 0.1) is 23.2 Å². The molecule has 308 valence electrons. The molecule has 0 unspecified atom stereocenters. The average molecular weight is 780 g/mol. The first kappa shape index (κ1) is 46.8.